The quantitative estimate of drug-likeness (QED) is 0.437. The number of fused-ring (bicyclic) bond motifs is 4. The van der Waals surface area contributed by atoms with Gasteiger partial charge in [0.1, 0.15) is 5.60 Å². The fourth-order valence-electron chi connectivity index (χ4n) is 13.9. The second kappa shape index (κ2) is 7.21. The summed E-state index contributed by atoms with van der Waals surface area (Å²) in [6.07, 6.45) is 9.23. The highest BCUT2D eigenvalue weighted by molar-refractivity contribution is 5.66. The van der Waals surface area contributed by atoms with Crippen LogP contribution in [0, 0.1) is 56.7 Å². The molecule has 5 aliphatic carbocycles. The molecular weight excluding hydrogens is 476 g/mol. The molecule has 2 heterocycles. The topological polar surface area (TPSA) is 76.0 Å². The Morgan fingerprint density at radius 3 is 2.32 bits per heavy atom. The minimum absolute atomic E-state index is 0.0213. The molecule has 5 nitrogen and oxygen atoms in total. The maximum atomic E-state index is 12.7. The zero-order chi connectivity index (χ0) is 27.5. The Hall–Kier alpha value is -0.650. The van der Waals surface area contributed by atoms with Gasteiger partial charge in [-0.15, -0.1) is 0 Å². The molecular formula is C33H52O5. The molecule has 38 heavy (non-hydrogen) atoms. The highest BCUT2D eigenvalue weighted by Crippen LogP contribution is 2.90. The lowest BCUT2D eigenvalue weighted by Crippen LogP contribution is -2.60. The normalized spacial score (nSPS) is 59.6. The van der Waals surface area contributed by atoms with E-state index in [0.717, 1.165) is 38.5 Å². The molecule has 0 aromatic rings. The van der Waals surface area contributed by atoms with Crippen LogP contribution in [0.25, 0.3) is 0 Å². The van der Waals surface area contributed by atoms with E-state index in [2.05, 4.69) is 34.6 Å². The second-order valence-electron chi connectivity index (χ2n) is 17.0. The van der Waals surface area contributed by atoms with Gasteiger partial charge in [-0.05, 0) is 117 Å². The minimum atomic E-state index is -0.613. The first-order valence-electron chi connectivity index (χ1n) is 15.8. The second-order valence-corrected chi connectivity index (χ2v) is 17.0. The number of aliphatic hydroxyl groups excluding tert-OH is 2. The molecule has 214 valence electrons. The van der Waals surface area contributed by atoms with Crippen LogP contribution in [0.5, 0.6) is 0 Å². The van der Waals surface area contributed by atoms with Crippen LogP contribution in [0.2, 0.25) is 0 Å². The molecule has 7 aliphatic rings. The summed E-state index contributed by atoms with van der Waals surface area (Å²) in [6, 6.07) is 0. The highest BCUT2D eigenvalue weighted by Gasteiger charge is 2.87. The number of carbonyl (C=O) groups excluding carboxylic acids is 1. The number of rotatable bonds is 2. The number of esters is 1. The molecule has 0 aromatic heterocycles. The molecule has 2 aliphatic heterocycles. The fraction of sp³-hybridized carbons (Fsp3) is 0.970. The summed E-state index contributed by atoms with van der Waals surface area (Å²) in [6.45, 7) is 17.6. The smallest absolute Gasteiger partial charge is 0.303 e. The molecule has 0 aromatic carbocycles. The van der Waals surface area contributed by atoms with Gasteiger partial charge in [0.2, 0.25) is 0 Å². The Balaban J connectivity index is 1.30. The Morgan fingerprint density at radius 1 is 0.974 bits per heavy atom. The molecule has 5 heteroatoms. The summed E-state index contributed by atoms with van der Waals surface area (Å²) in [4.78, 5) is 12.0. The SMILES string of the molecule is CC(=O)OC(C)(C)[C@H]1C[C@@]23O[C@@H]1C[C@@H](C)[C@@H]2[C@@]1(C)CC[C@@]24C[C@@]25CC[C@H](O)C(C)(C)[C@@H]5CC[C@H]4[C@]1(C)[C@H]3O. The number of hydrogen-bond acceptors (Lipinski definition) is 5. The fourth-order valence-corrected chi connectivity index (χ4v) is 13.9. The minimum Gasteiger partial charge on any atom is -0.459 e. The van der Waals surface area contributed by atoms with Crippen LogP contribution in [0.3, 0.4) is 0 Å². The third-order valence-electron chi connectivity index (χ3n) is 15.3. The van der Waals surface area contributed by atoms with Crippen LogP contribution < -0.4 is 0 Å². The van der Waals surface area contributed by atoms with E-state index in [9.17, 15) is 15.0 Å². The van der Waals surface area contributed by atoms with Crippen LogP contribution in [-0.4, -0.2) is 45.7 Å². The zero-order valence-electron chi connectivity index (χ0n) is 25.1. The number of hydrogen-bond donors (Lipinski definition) is 2. The van der Waals surface area contributed by atoms with Gasteiger partial charge in [-0.2, -0.15) is 0 Å². The maximum absolute atomic E-state index is 12.7. The van der Waals surface area contributed by atoms with Crippen LogP contribution in [0.15, 0.2) is 0 Å². The Kier molecular flexibility index (Phi) is 4.99. The molecule has 0 amide bonds. The molecule has 5 saturated carbocycles. The molecule has 0 unspecified atom stereocenters. The zero-order valence-corrected chi connectivity index (χ0v) is 25.1. The predicted molar refractivity (Wildman–Crippen MR) is 145 cm³/mol. The molecule has 3 spiro atoms. The van der Waals surface area contributed by atoms with Gasteiger partial charge in [0.15, 0.2) is 0 Å². The van der Waals surface area contributed by atoms with E-state index in [-0.39, 0.29) is 40.3 Å². The highest BCUT2D eigenvalue weighted by atomic mass is 16.6. The van der Waals surface area contributed by atoms with Crippen LogP contribution >= 0.6 is 0 Å². The first-order valence-corrected chi connectivity index (χ1v) is 15.8. The molecule has 7 rings (SSSR count). The summed E-state index contributed by atoms with van der Waals surface area (Å²) in [7, 11) is 0. The number of carbonyl (C=O) groups is 1. The average Bonchev–Trinajstić information content (AvgIpc) is 3.33. The van der Waals surface area contributed by atoms with Gasteiger partial charge in [-0.1, -0.05) is 34.6 Å². The molecule has 13 atom stereocenters. The van der Waals surface area contributed by atoms with Crippen molar-refractivity contribution < 1.29 is 24.5 Å². The van der Waals surface area contributed by atoms with Gasteiger partial charge in [0.25, 0.3) is 0 Å². The molecule has 2 bridgehead atoms. The van der Waals surface area contributed by atoms with Crippen molar-refractivity contribution in [2.24, 2.45) is 56.7 Å². The van der Waals surface area contributed by atoms with Crippen LogP contribution in [-0.2, 0) is 14.3 Å². The molecule has 0 radical (unpaired) electrons. The average molecular weight is 529 g/mol. The van der Waals surface area contributed by atoms with Crippen molar-refractivity contribution in [3.05, 3.63) is 0 Å². The Labute approximate surface area is 229 Å². The van der Waals surface area contributed by atoms with Crippen molar-refractivity contribution in [2.45, 2.75) is 143 Å². The van der Waals surface area contributed by atoms with Gasteiger partial charge in [0, 0.05) is 18.3 Å². The standard InChI is InChI=1S/C33H52O5/c1-18-15-21-20(28(5,6)37-19(2)34)16-33(38-21)25(18)29(7)13-14-32-17-31(32)12-11-24(35)27(3,4)22(31)9-10-23(32)30(29,8)26(33)36/h18,20-26,35-36H,9-17H2,1-8H3/t18-,20+,21-,22+,23+,24+,25-,26-,29-,30-,31-,32+,33-/m1/s1. The van der Waals surface area contributed by atoms with Crippen molar-refractivity contribution >= 4 is 5.97 Å². The molecule has 7 fully saturated rings. The maximum Gasteiger partial charge on any atom is 0.303 e. The van der Waals surface area contributed by atoms with Gasteiger partial charge in [0.05, 0.1) is 23.9 Å². The predicted octanol–water partition coefficient (Wildman–Crippen LogP) is 5.89. The third-order valence-corrected chi connectivity index (χ3v) is 15.3. The monoisotopic (exact) mass is 528 g/mol. The van der Waals surface area contributed by atoms with Crippen molar-refractivity contribution in [3.8, 4) is 0 Å². The third kappa shape index (κ3) is 2.61. The first-order chi connectivity index (χ1) is 17.5. The summed E-state index contributed by atoms with van der Waals surface area (Å²) < 4.78 is 13.0. The molecule has 2 N–H and O–H groups in total. The summed E-state index contributed by atoms with van der Waals surface area (Å²) in [5.74, 6) is 1.73. The first kappa shape index (κ1) is 26.3. The van der Waals surface area contributed by atoms with E-state index in [1.54, 1.807) is 0 Å². The summed E-state index contributed by atoms with van der Waals surface area (Å²) in [5, 5.41) is 23.7. The van der Waals surface area contributed by atoms with Gasteiger partial charge in [-0.25, -0.2) is 0 Å². The van der Waals surface area contributed by atoms with E-state index >= 15 is 0 Å². The summed E-state index contributed by atoms with van der Waals surface area (Å²) >= 11 is 0. The number of aliphatic hydroxyl groups is 2. The van der Waals surface area contributed by atoms with Crippen molar-refractivity contribution in [3.63, 3.8) is 0 Å². The lowest BCUT2D eigenvalue weighted by Gasteiger charge is -2.63. The van der Waals surface area contributed by atoms with Crippen molar-refractivity contribution in [2.75, 3.05) is 0 Å². The Bertz CT molecular complexity index is 1070. The molecule has 2 saturated heterocycles. The van der Waals surface area contributed by atoms with Gasteiger partial charge >= 0.3 is 5.97 Å². The van der Waals surface area contributed by atoms with E-state index in [0.29, 0.717) is 34.5 Å². The van der Waals surface area contributed by atoms with E-state index < -0.39 is 17.3 Å². The lowest BCUT2D eigenvalue weighted by atomic mass is 9.41. The van der Waals surface area contributed by atoms with E-state index in [1.165, 1.54) is 26.2 Å². The summed E-state index contributed by atoms with van der Waals surface area (Å²) in [5.41, 5.74) is -0.718. The van der Waals surface area contributed by atoms with Crippen molar-refractivity contribution in [1.82, 2.24) is 0 Å². The van der Waals surface area contributed by atoms with E-state index in [1.807, 2.05) is 13.8 Å². The number of ether oxygens (including phenoxy) is 2. The van der Waals surface area contributed by atoms with Gasteiger partial charge < -0.3 is 19.7 Å². The Morgan fingerprint density at radius 2 is 1.63 bits per heavy atom. The van der Waals surface area contributed by atoms with E-state index in [4.69, 9.17) is 9.47 Å². The van der Waals surface area contributed by atoms with Crippen molar-refractivity contribution in [1.29, 1.82) is 0 Å². The largest absolute Gasteiger partial charge is 0.459 e. The van der Waals surface area contributed by atoms with Gasteiger partial charge in [-0.3, -0.25) is 4.79 Å². The van der Waals surface area contributed by atoms with Crippen LogP contribution in [0.4, 0.5) is 0 Å². The van der Waals surface area contributed by atoms with Crippen LogP contribution in [0.1, 0.15) is 113 Å². The lowest BCUT2D eigenvalue weighted by molar-refractivity contribution is -0.191.